The van der Waals surface area contributed by atoms with E-state index in [-0.39, 0.29) is 12.1 Å². The molecule has 1 fully saturated rings. The highest BCUT2D eigenvalue weighted by atomic mass is 79.9. The number of furan rings is 1. The van der Waals surface area contributed by atoms with E-state index in [4.69, 9.17) is 4.42 Å². The van der Waals surface area contributed by atoms with E-state index in [0.717, 1.165) is 13.1 Å². The first-order chi connectivity index (χ1) is 13.7. The van der Waals surface area contributed by atoms with Crippen LogP contribution in [-0.4, -0.2) is 42.0 Å². The quantitative estimate of drug-likeness (QED) is 0.623. The maximum Gasteiger partial charge on any atom is 0.324 e. The topological polar surface area (TPSA) is 48.7 Å². The van der Waals surface area contributed by atoms with Gasteiger partial charge < -0.3 is 9.32 Å². The molecule has 0 atom stereocenters. The minimum absolute atomic E-state index is 0.127. The van der Waals surface area contributed by atoms with Gasteiger partial charge in [0.15, 0.2) is 4.67 Å². The Morgan fingerprint density at radius 3 is 1.93 bits per heavy atom. The van der Waals surface area contributed by atoms with Crippen LogP contribution < -0.4 is 5.32 Å². The summed E-state index contributed by atoms with van der Waals surface area (Å²) < 4.78 is 5.97. The predicted octanol–water partition coefficient (Wildman–Crippen LogP) is 4.98. The molecule has 3 aromatic rings. The highest BCUT2D eigenvalue weighted by molar-refractivity contribution is 9.10. The summed E-state index contributed by atoms with van der Waals surface area (Å²) >= 11 is 3.25. The molecule has 2 aromatic carbocycles. The fourth-order valence-corrected chi connectivity index (χ4v) is 3.94. The molecule has 0 bridgehead atoms. The molecule has 1 aliphatic rings. The lowest BCUT2D eigenvalue weighted by Crippen LogP contribution is -2.51. The molecule has 1 aromatic heterocycles. The fraction of sp³-hybridized carbons (Fsp3) is 0.227. The number of carbonyl (C=O) groups is 1. The van der Waals surface area contributed by atoms with Crippen LogP contribution in [0.5, 0.6) is 0 Å². The van der Waals surface area contributed by atoms with Crippen LogP contribution in [-0.2, 0) is 0 Å². The van der Waals surface area contributed by atoms with Crippen molar-refractivity contribution in [2.24, 2.45) is 0 Å². The van der Waals surface area contributed by atoms with E-state index in [1.165, 1.54) is 11.1 Å². The lowest BCUT2D eigenvalue weighted by atomic mass is 9.96. The first-order valence-corrected chi connectivity index (χ1v) is 10.2. The Morgan fingerprint density at radius 2 is 1.43 bits per heavy atom. The Labute approximate surface area is 173 Å². The zero-order valence-corrected chi connectivity index (χ0v) is 17.0. The van der Waals surface area contributed by atoms with Crippen LogP contribution in [0.15, 0.2) is 81.9 Å². The summed E-state index contributed by atoms with van der Waals surface area (Å²) in [4.78, 5) is 16.8. The largest absolute Gasteiger partial charge is 0.434 e. The number of urea groups is 1. The second-order valence-corrected chi connectivity index (χ2v) is 7.56. The second-order valence-electron chi connectivity index (χ2n) is 6.78. The van der Waals surface area contributed by atoms with Crippen LogP contribution in [0.3, 0.4) is 0 Å². The number of anilines is 1. The van der Waals surface area contributed by atoms with Crippen molar-refractivity contribution in [2.75, 3.05) is 31.5 Å². The van der Waals surface area contributed by atoms with E-state index < -0.39 is 0 Å². The number of benzene rings is 2. The Morgan fingerprint density at radius 1 is 0.857 bits per heavy atom. The first kappa shape index (κ1) is 18.8. The Hall–Kier alpha value is -2.57. The molecule has 0 radical (unpaired) electrons. The van der Waals surface area contributed by atoms with Gasteiger partial charge in [0.1, 0.15) is 0 Å². The molecular weight excluding hydrogens is 418 g/mol. The van der Waals surface area contributed by atoms with Crippen molar-refractivity contribution in [3.8, 4) is 0 Å². The van der Waals surface area contributed by atoms with Gasteiger partial charge >= 0.3 is 6.03 Å². The fourth-order valence-electron chi connectivity index (χ4n) is 3.63. The van der Waals surface area contributed by atoms with E-state index in [1.54, 1.807) is 12.1 Å². The molecule has 28 heavy (non-hydrogen) atoms. The van der Waals surface area contributed by atoms with E-state index >= 15 is 0 Å². The summed E-state index contributed by atoms with van der Waals surface area (Å²) in [6.07, 6.45) is 0. The molecule has 0 unspecified atom stereocenters. The van der Waals surface area contributed by atoms with Crippen molar-refractivity contribution in [1.82, 2.24) is 9.80 Å². The number of nitrogens with zero attached hydrogens (tertiary/aromatic N) is 2. The number of halogens is 1. The van der Waals surface area contributed by atoms with Crippen LogP contribution in [0.2, 0.25) is 0 Å². The van der Waals surface area contributed by atoms with Gasteiger partial charge in [0, 0.05) is 32.2 Å². The van der Waals surface area contributed by atoms with Crippen LogP contribution in [0.4, 0.5) is 10.7 Å². The summed E-state index contributed by atoms with van der Waals surface area (Å²) in [6, 6.07) is 24.7. The summed E-state index contributed by atoms with van der Waals surface area (Å²) in [5, 5.41) is 2.81. The number of amides is 2. The lowest BCUT2D eigenvalue weighted by molar-refractivity contribution is 0.126. The third kappa shape index (κ3) is 4.29. The molecule has 144 valence electrons. The van der Waals surface area contributed by atoms with Crippen molar-refractivity contribution in [3.05, 3.63) is 88.6 Å². The van der Waals surface area contributed by atoms with Gasteiger partial charge in [-0.15, -0.1) is 0 Å². The maximum atomic E-state index is 12.5. The summed E-state index contributed by atoms with van der Waals surface area (Å²) in [7, 11) is 0. The van der Waals surface area contributed by atoms with Crippen molar-refractivity contribution in [3.63, 3.8) is 0 Å². The molecule has 1 N–H and O–H groups in total. The highest BCUT2D eigenvalue weighted by Crippen LogP contribution is 2.29. The smallest absolute Gasteiger partial charge is 0.324 e. The van der Waals surface area contributed by atoms with Gasteiger partial charge in [-0.2, -0.15) is 0 Å². The Bertz CT molecular complexity index is 866. The standard InChI is InChI=1S/C22H22BrN3O2/c23-19-11-12-20(28-19)24-22(27)26-15-13-25(14-16-26)21(17-7-3-1-4-8-17)18-9-5-2-6-10-18/h1-12,21H,13-16H2,(H,24,27). The molecule has 0 saturated carbocycles. The van der Waals surface area contributed by atoms with Crippen molar-refractivity contribution in [2.45, 2.75) is 6.04 Å². The minimum atomic E-state index is -0.127. The van der Waals surface area contributed by atoms with Crippen LogP contribution >= 0.6 is 15.9 Å². The predicted molar refractivity (Wildman–Crippen MR) is 113 cm³/mol. The van der Waals surface area contributed by atoms with Gasteiger partial charge in [0.25, 0.3) is 0 Å². The van der Waals surface area contributed by atoms with Crippen LogP contribution in [0.1, 0.15) is 17.2 Å². The Kier molecular flexibility index (Phi) is 5.78. The normalized spacial score (nSPS) is 15.0. The van der Waals surface area contributed by atoms with E-state index in [9.17, 15) is 4.79 Å². The number of piperazine rings is 1. The Balaban J connectivity index is 1.45. The molecule has 6 heteroatoms. The minimum Gasteiger partial charge on any atom is -0.434 e. The molecule has 4 rings (SSSR count). The number of carbonyl (C=O) groups excluding carboxylic acids is 1. The number of nitrogens with one attached hydrogen (secondary N) is 1. The third-order valence-corrected chi connectivity index (χ3v) is 5.43. The van der Waals surface area contributed by atoms with Gasteiger partial charge in [0.05, 0.1) is 6.04 Å². The van der Waals surface area contributed by atoms with Gasteiger partial charge in [-0.25, -0.2) is 4.79 Å². The van der Waals surface area contributed by atoms with Gasteiger partial charge in [0.2, 0.25) is 5.88 Å². The average Bonchev–Trinajstić information content (AvgIpc) is 3.15. The molecule has 1 aliphatic heterocycles. The monoisotopic (exact) mass is 439 g/mol. The molecule has 5 nitrogen and oxygen atoms in total. The summed E-state index contributed by atoms with van der Waals surface area (Å²) in [5.74, 6) is 0.450. The number of rotatable bonds is 4. The number of hydrogen-bond acceptors (Lipinski definition) is 3. The zero-order chi connectivity index (χ0) is 19.3. The molecule has 0 spiro atoms. The average molecular weight is 440 g/mol. The van der Waals surface area contributed by atoms with Gasteiger partial charge in [-0.3, -0.25) is 10.2 Å². The second kappa shape index (κ2) is 8.63. The molecule has 2 amide bonds. The van der Waals surface area contributed by atoms with E-state index in [1.807, 2.05) is 17.0 Å². The van der Waals surface area contributed by atoms with E-state index in [2.05, 4.69) is 74.7 Å². The highest BCUT2D eigenvalue weighted by Gasteiger charge is 2.28. The van der Waals surface area contributed by atoms with Gasteiger partial charge in [-0.05, 0) is 33.1 Å². The molecule has 1 saturated heterocycles. The summed E-state index contributed by atoms with van der Waals surface area (Å²) in [6.45, 7) is 2.96. The van der Waals surface area contributed by atoms with Crippen LogP contribution in [0.25, 0.3) is 0 Å². The first-order valence-electron chi connectivity index (χ1n) is 9.36. The lowest BCUT2D eigenvalue weighted by Gasteiger charge is -2.39. The van der Waals surface area contributed by atoms with Crippen molar-refractivity contribution in [1.29, 1.82) is 0 Å². The summed E-state index contributed by atoms with van der Waals surface area (Å²) in [5.41, 5.74) is 2.54. The number of hydrogen-bond donors (Lipinski definition) is 1. The van der Waals surface area contributed by atoms with Gasteiger partial charge in [-0.1, -0.05) is 60.7 Å². The van der Waals surface area contributed by atoms with Crippen molar-refractivity contribution < 1.29 is 9.21 Å². The van der Waals surface area contributed by atoms with Crippen LogP contribution in [0, 0.1) is 0 Å². The van der Waals surface area contributed by atoms with Crippen molar-refractivity contribution >= 4 is 27.8 Å². The zero-order valence-electron chi connectivity index (χ0n) is 15.4. The third-order valence-electron chi connectivity index (χ3n) is 5.00. The molecular formula is C22H22BrN3O2. The molecule has 0 aliphatic carbocycles. The SMILES string of the molecule is O=C(Nc1ccc(Br)o1)N1CCN(C(c2ccccc2)c2ccccc2)CC1. The van der Waals surface area contributed by atoms with E-state index in [0.29, 0.717) is 23.6 Å². The maximum absolute atomic E-state index is 12.5. The molecule has 2 heterocycles.